The third-order valence-electron chi connectivity index (χ3n) is 5.57. The van der Waals surface area contributed by atoms with E-state index in [1.165, 1.54) is 7.11 Å². The summed E-state index contributed by atoms with van der Waals surface area (Å²) in [5.74, 6) is -0.0482. The first-order valence-electron chi connectivity index (χ1n) is 11.4. The molecule has 0 aromatic heterocycles. The standard InChI is InChI=1S/C27H31N3O4/c1-27(2,3)34-26(32)30-10-8-19(9-11-30)17-29-18-21-13-23(15-24(14-21)25(31)33-4)22-7-5-6-20(12-22)16-28/h5-7,12-15,18-19H,8-11,17H2,1-4H3. The van der Waals surface area contributed by atoms with Crippen molar-refractivity contribution in [3.8, 4) is 17.2 Å². The summed E-state index contributed by atoms with van der Waals surface area (Å²) in [5, 5.41) is 9.21. The molecule has 1 aliphatic heterocycles. The molecule has 7 heteroatoms. The van der Waals surface area contributed by atoms with Crippen LogP contribution in [0.1, 0.15) is 55.1 Å². The second-order valence-electron chi connectivity index (χ2n) is 9.43. The van der Waals surface area contributed by atoms with Crippen LogP contribution in [0.4, 0.5) is 4.79 Å². The molecule has 178 valence electrons. The average Bonchev–Trinajstić information content (AvgIpc) is 2.82. The molecule has 0 saturated carbocycles. The molecule has 7 nitrogen and oxygen atoms in total. The number of benzene rings is 2. The molecule has 1 amide bonds. The molecule has 1 fully saturated rings. The molecule has 0 unspecified atom stereocenters. The quantitative estimate of drug-likeness (QED) is 0.457. The Hall–Kier alpha value is -3.66. The van der Waals surface area contributed by atoms with E-state index < -0.39 is 11.6 Å². The van der Waals surface area contributed by atoms with Crippen molar-refractivity contribution < 1.29 is 19.1 Å². The second-order valence-corrected chi connectivity index (χ2v) is 9.43. The lowest BCUT2D eigenvalue weighted by Gasteiger charge is -2.32. The number of rotatable bonds is 5. The smallest absolute Gasteiger partial charge is 0.410 e. The third-order valence-corrected chi connectivity index (χ3v) is 5.57. The van der Waals surface area contributed by atoms with Crippen LogP contribution in [0.25, 0.3) is 11.1 Å². The van der Waals surface area contributed by atoms with Gasteiger partial charge in [0.1, 0.15) is 5.60 Å². The Kier molecular flexibility index (Phi) is 8.06. The summed E-state index contributed by atoms with van der Waals surface area (Å²) in [6, 6.07) is 14.8. The molecule has 0 aliphatic carbocycles. The highest BCUT2D eigenvalue weighted by atomic mass is 16.6. The van der Waals surface area contributed by atoms with Crippen LogP contribution in [0.3, 0.4) is 0 Å². The molecule has 1 heterocycles. The van der Waals surface area contributed by atoms with Gasteiger partial charge in [0.15, 0.2) is 0 Å². The van der Waals surface area contributed by atoms with Crippen LogP contribution in [-0.4, -0.2) is 55.5 Å². The lowest BCUT2D eigenvalue weighted by molar-refractivity contribution is 0.0187. The number of piperidine rings is 1. The zero-order valence-corrected chi connectivity index (χ0v) is 20.2. The zero-order chi connectivity index (χ0) is 24.7. The van der Waals surface area contributed by atoms with Crippen molar-refractivity contribution in [3.63, 3.8) is 0 Å². The van der Waals surface area contributed by atoms with Crippen LogP contribution < -0.4 is 0 Å². The number of carbonyl (C=O) groups excluding carboxylic acids is 2. The maximum Gasteiger partial charge on any atom is 0.410 e. The summed E-state index contributed by atoms with van der Waals surface area (Å²) < 4.78 is 10.4. The second kappa shape index (κ2) is 11.0. The van der Waals surface area contributed by atoms with E-state index in [0.29, 0.717) is 36.7 Å². The van der Waals surface area contributed by atoms with Gasteiger partial charge >= 0.3 is 12.1 Å². The van der Waals surface area contributed by atoms with Crippen molar-refractivity contribution in [1.29, 1.82) is 5.26 Å². The molecule has 0 bridgehead atoms. The van der Waals surface area contributed by atoms with E-state index in [1.54, 1.807) is 35.4 Å². The van der Waals surface area contributed by atoms with Crippen molar-refractivity contribution in [2.24, 2.45) is 10.9 Å². The van der Waals surface area contributed by atoms with Gasteiger partial charge in [0.2, 0.25) is 0 Å². The lowest BCUT2D eigenvalue weighted by atomic mass is 9.97. The van der Waals surface area contributed by atoms with Crippen molar-refractivity contribution in [1.82, 2.24) is 4.90 Å². The number of amides is 1. The third kappa shape index (κ3) is 6.92. The normalized spacial score (nSPS) is 14.6. The molecule has 0 radical (unpaired) electrons. The molecule has 0 spiro atoms. The Morgan fingerprint density at radius 2 is 1.88 bits per heavy atom. The fourth-order valence-electron chi connectivity index (χ4n) is 3.83. The van der Waals surface area contributed by atoms with E-state index >= 15 is 0 Å². The number of esters is 1. The van der Waals surface area contributed by atoms with E-state index in [-0.39, 0.29) is 6.09 Å². The summed E-state index contributed by atoms with van der Waals surface area (Å²) >= 11 is 0. The SMILES string of the molecule is COC(=O)c1cc(C=NCC2CCN(C(=O)OC(C)(C)C)CC2)cc(-c2cccc(C#N)c2)c1. The predicted octanol–water partition coefficient (Wildman–Crippen LogP) is 5.08. The highest BCUT2D eigenvalue weighted by Gasteiger charge is 2.26. The van der Waals surface area contributed by atoms with Crippen LogP contribution in [0, 0.1) is 17.2 Å². The number of likely N-dealkylation sites (tertiary alicyclic amines) is 1. The molecular weight excluding hydrogens is 430 g/mol. The van der Waals surface area contributed by atoms with Crippen LogP contribution in [0.15, 0.2) is 47.5 Å². The Balaban J connectivity index is 1.68. The van der Waals surface area contributed by atoms with E-state index in [0.717, 1.165) is 29.5 Å². The molecule has 0 N–H and O–H groups in total. The number of nitriles is 1. The number of ether oxygens (including phenoxy) is 2. The first-order chi connectivity index (χ1) is 16.2. The summed E-state index contributed by atoms with van der Waals surface area (Å²) in [7, 11) is 1.35. The number of nitrogens with zero attached hydrogens (tertiary/aromatic N) is 3. The highest BCUT2D eigenvalue weighted by molar-refractivity contribution is 5.94. The van der Waals surface area contributed by atoms with Crippen LogP contribution in [-0.2, 0) is 9.47 Å². The van der Waals surface area contributed by atoms with Gasteiger partial charge in [0, 0.05) is 25.8 Å². The number of methoxy groups -OCH3 is 1. The fraction of sp³-hybridized carbons (Fsp3) is 0.407. The maximum absolute atomic E-state index is 12.2. The predicted molar refractivity (Wildman–Crippen MR) is 131 cm³/mol. The molecule has 2 aromatic carbocycles. The molecule has 1 saturated heterocycles. The number of hydrogen-bond donors (Lipinski definition) is 0. The van der Waals surface area contributed by atoms with Gasteiger partial charge in [-0.1, -0.05) is 12.1 Å². The van der Waals surface area contributed by atoms with Gasteiger partial charge in [-0.25, -0.2) is 9.59 Å². The van der Waals surface area contributed by atoms with Gasteiger partial charge in [-0.15, -0.1) is 0 Å². The number of hydrogen-bond acceptors (Lipinski definition) is 6. The zero-order valence-electron chi connectivity index (χ0n) is 20.2. The summed E-state index contributed by atoms with van der Waals surface area (Å²) in [6.45, 7) is 7.57. The molecule has 0 atom stereocenters. The van der Waals surface area contributed by atoms with Crippen LogP contribution >= 0.6 is 0 Å². The highest BCUT2D eigenvalue weighted by Crippen LogP contribution is 2.24. The van der Waals surface area contributed by atoms with Crippen molar-refractivity contribution >= 4 is 18.3 Å². The van der Waals surface area contributed by atoms with E-state index in [9.17, 15) is 14.9 Å². The van der Waals surface area contributed by atoms with Crippen LogP contribution in [0.2, 0.25) is 0 Å². The van der Waals surface area contributed by atoms with Gasteiger partial charge in [0.25, 0.3) is 0 Å². The van der Waals surface area contributed by atoms with Gasteiger partial charge < -0.3 is 14.4 Å². The van der Waals surface area contributed by atoms with Gasteiger partial charge in [-0.2, -0.15) is 5.26 Å². The van der Waals surface area contributed by atoms with Crippen molar-refractivity contribution in [2.45, 2.75) is 39.2 Å². The number of carbonyl (C=O) groups is 2. The summed E-state index contributed by atoms with van der Waals surface area (Å²) in [5.41, 5.74) is 2.92. The first kappa shape index (κ1) is 25.0. The van der Waals surface area contributed by atoms with Crippen molar-refractivity contribution in [3.05, 3.63) is 59.2 Å². The minimum atomic E-state index is -0.494. The van der Waals surface area contributed by atoms with E-state index in [4.69, 9.17) is 9.47 Å². The van der Waals surface area contributed by atoms with Gasteiger partial charge in [0.05, 0.1) is 24.3 Å². The van der Waals surface area contributed by atoms with Crippen LogP contribution in [0.5, 0.6) is 0 Å². The minimum Gasteiger partial charge on any atom is -0.465 e. The Bertz CT molecular complexity index is 1100. The van der Waals surface area contributed by atoms with E-state index in [2.05, 4.69) is 11.1 Å². The largest absolute Gasteiger partial charge is 0.465 e. The van der Waals surface area contributed by atoms with Gasteiger partial charge in [-0.3, -0.25) is 4.99 Å². The maximum atomic E-state index is 12.2. The fourth-order valence-corrected chi connectivity index (χ4v) is 3.83. The topological polar surface area (TPSA) is 92.0 Å². The number of aliphatic imine (C=N–C) groups is 1. The molecule has 3 rings (SSSR count). The minimum absolute atomic E-state index is 0.262. The first-order valence-corrected chi connectivity index (χ1v) is 11.4. The summed E-state index contributed by atoms with van der Waals surface area (Å²) in [6.07, 6.45) is 3.24. The van der Waals surface area contributed by atoms with Crippen molar-refractivity contribution in [2.75, 3.05) is 26.7 Å². The molecule has 2 aromatic rings. The lowest BCUT2D eigenvalue weighted by Crippen LogP contribution is -2.42. The van der Waals surface area contributed by atoms with E-state index in [1.807, 2.05) is 39.0 Å². The molecule has 1 aliphatic rings. The average molecular weight is 462 g/mol. The summed E-state index contributed by atoms with van der Waals surface area (Å²) in [4.78, 5) is 30.8. The Labute approximate surface area is 201 Å². The Morgan fingerprint density at radius 1 is 1.15 bits per heavy atom. The monoisotopic (exact) mass is 461 g/mol. The van der Waals surface area contributed by atoms with Gasteiger partial charge in [-0.05, 0) is 86.6 Å². The molecular formula is C27H31N3O4. The molecule has 34 heavy (non-hydrogen) atoms. The Morgan fingerprint density at radius 3 is 2.53 bits per heavy atom.